The second-order valence-electron chi connectivity index (χ2n) is 7.56. The van der Waals surface area contributed by atoms with Gasteiger partial charge in [0.25, 0.3) is 0 Å². The van der Waals surface area contributed by atoms with Crippen LogP contribution in [0, 0.1) is 5.92 Å². The summed E-state index contributed by atoms with van der Waals surface area (Å²) in [5.74, 6) is 0.776. The molecule has 1 aliphatic rings. The van der Waals surface area contributed by atoms with Gasteiger partial charge in [0.2, 0.25) is 5.91 Å². The molecule has 5 heteroatoms. The first-order chi connectivity index (χ1) is 13.0. The number of anilines is 4. The molecule has 5 nitrogen and oxygen atoms in total. The summed E-state index contributed by atoms with van der Waals surface area (Å²) in [6.07, 6.45) is 2.50. The third kappa shape index (κ3) is 5.39. The van der Waals surface area contributed by atoms with Gasteiger partial charge in [0.05, 0.1) is 6.54 Å². The fourth-order valence-corrected chi connectivity index (χ4v) is 3.29. The van der Waals surface area contributed by atoms with Gasteiger partial charge in [0, 0.05) is 49.9 Å². The summed E-state index contributed by atoms with van der Waals surface area (Å²) in [5.41, 5.74) is 4.14. The number of rotatable bonds is 6. The van der Waals surface area contributed by atoms with Crippen LogP contribution >= 0.6 is 0 Å². The van der Waals surface area contributed by atoms with Gasteiger partial charge >= 0.3 is 0 Å². The van der Waals surface area contributed by atoms with Crippen LogP contribution in [0.2, 0.25) is 0 Å². The van der Waals surface area contributed by atoms with Crippen molar-refractivity contribution in [3.63, 3.8) is 0 Å². The molecule has 0 aromatic heterocycles. The van der Waals surface area contributed by atoms with Crippen molar-refractivity contribution in [2.45, 2.75) is 19.8 Å². The summed E-state index contributed by atoms with van der Waals surface area (Å²) in [7, 11) is 4.01. The second-order valence-corrected chi connectivity index (χ2v) is 7.56. The standard InChI is InChI=1S/C22H30N4O/c1-17-12-14-26(15-13-17)21-10-6-19(7-11-21)24-22(27)16-23-18-4-8-20(9-5-18)25(2)3/h4-11,17,23H,12-16H2,1-3H3,(H,24,27). The zero-order valence-electron chi connectivity index (χ0n) is 16.5. The van der Waals surface area contributed by atoms with Crippen molar-refractivity contribution in [3.8, 4) is 0 Å². The van der Waals surface area contributed by atoms with Crippen molar-refractivity contribution in [3.05, 3.63) is 48.5 Å². The minimum atomic E-state index is -0.0498. The van der Waals surface area contributed by atoms with E-state index in [9.17, 15) is 4.79 Å². The molecule has 0 saturated carbocycles. The van der Waals surface area contributed by atoms with Gasteiger partial charge in [-0.25, -0.2) is 0 Å². The van der Waals surface area contributed by atoms with E-state index in [2.05, 4.69) is 34.6 Å². The summed E-state index contributed by atoms with van der Waals surface area (Å²) in [5, 5.41) is 6.11. The quantitative estimate of drug-likeness (QED) is 0.810. The molecule has 2 N–H and O–H groups in total. The maximum atomic E-state index is 12.2. The van der Waals surface area contributed by atoms with E-state index in [0.29, 0.717) is 0 Å². The van der Waals surface area contributed by atoms with Crippen molar-refractivity contribution in [1.29, 1.82) is 0 Å². The number of hydrogen-bond donors (Lipinski definition) is 2. The van der Waals surface area contributed by atoms with E-state index in [4.69, 9.17) is 0 Å². The van der Waals surface area contributed by atoms with Gasteiger partial charge in [0.15, 0.2) is 0 Å². The van der Waals surface area contributed by atoms with E-state index >= 15 is 0 Å². The maximum Gasteiger partial charge on any atom is 0.243 e. The van der Waals surface area contributed by atoms with Crippen LogP contribution in [-0.4, -0.2) is 39.6 Å². The van der Waals surface area contributed by atoms with Gasteiger partial charge in [-0.05, 0) is 67.3 Å². The number of hydrogen-bond acceptors (Lipinski definition) is 4. The monoisotopic (exact) mass is 366 g/mol. The smallest absolute Gasteiger partial charge is 0.243 e. The predicted octanol–water partition coefficient (Wildman–Crippen LogP) is 4.04. The topological polar surface area (TPSA) is 47.6 Å². The number of carbonyl (C=O) groups excluding carboxylic acids is 1. The Morgan fingerprint density at radius 3 is 2.19 bits per heavy atom. The highest BCUT2D eigenvalue weighted by Crippen LogP contribution is 2.24. The molecule has 0 spiro atoms. The number of carbonyl (C=O) groups is 1. The lowest BCUT2D eigenvalue weighted by atomic mass is 9.99. The van der Waals surface area contributed by atoms with Gasteiger partial charge in [-0.15, -0.1) is 0 Å². The molecule has 3 rings (SSSR count). The first-order valence-electron chi connectivity index (χ1n) is 9.67. The van der Waals surface area contributed by atoms with E-state index in [1.807, 2.05) is 55.4 Å². The Balaban J connectivity index is 1.47. The molecular formula is C22H30N4O. The number of amides is 1. The molecule has 144 valence electrons. The van der Waals surface area contributed by atoms with Gasteiger partial charge < -0.3 is 20.4 Å². The highest BCUT2D eigenvalue weighted by atomic mass is 16.1. The van der Waals surface area contributed by atoms with Crippen LogP contribution in [0.4, 0.5) is 22.7 Å². The van der Waals surface area contributed by atoms with Crippen LogP contribution in [0.5, 0.6) is 0 Å². The highest BCUT2D eigenvalue weighted by molar-refractivity contribution is 5.93. The lowest BCUT2D eigenvalue weighted by Gasteiger charge is -2.32. The van der Waals surface area contributed by atoms with Crippen LogP contribution in [0.15, 0.2) is 48.5 Å². The molecule has 0 radical (unpaired) electrons. The Kier molecular flexibility index (Phi) is 6.22. The molecular weight excluding hydrogens is 336 g/mol. The average molecular weight is 367 g/mol. The molecule has 1 heterocycles. The Bertz CT molecular complexity index is 732. The van der Waals surface area contributed by atoms with Gasteiger partial charge in [-0.3, -0.25) is 4.79 Å². The summed E-state index contributed by atoms with van der Waals surface area (Å²) in [4.78, 5) is 16.7. The normalized spacial score (nSPS) is 14.7. The lowest BCUT2D eigenvalue weighted by molar-refractivity contribution is -0.114. The number of nitrogens with zero attached hydrogens (tertiary/aromatic N) is 2. The Labute approximate surface area is 162 Å². The third-order valence-corrected chi connectivity index (χ3v) is 5.14. The van der Waals surface area contributed by atoms with Crippen LogP contribution in [0.1, 0.15) is 19.8 Å². The SMILES string of the molecule is CC1CCN(c2ccc(NC(=O)CNc3ccc(N(C)C)cc3)cc2)CC1. The molecule has 0 atom stereocenters. The summed E-state index contributed by atoms with van der Waals surface area (Å²) in [6.45, 7) is 4.79. The van der Waals surface area contributed by atoms with Gasteiger partial charge in [0.1, 0.15) is 0 Å². The average Bonchev–Trinajstić information content (AvgIpc) is 2.68. The summed E-state index contributed by atoms with van der Waals surface area (Å²) >= 11 is 0. The van der Waals surface area contributed by atoms with Crippen LogP contribution in [0.25, 0.3) is 0 Å². The predicted molar refractivity (Wildman–Crippen MR) is 115 cm³/mol. The molecule has 0 bridgehead atoms. The maximum absolute atomic E-state index is 12.2. The Hall–Kier alpha value is -2.69. The minimum Gasteiger partial charge on any atom is -0.378 e. The molecule has 1 fully saturated rings. The van der Waals surface area contributed by atoms with Crippen molar-refractivity contribution in [2.24, 2.45) is 5.92 Å². The fraction of sp³-hybridized carbons (Fsp3) is 0.409. The lowest BCUT2D eigenvalue weighted by Crippen LogP contribution is -2.32. The molecule has 1 saturated heterocycles. The van der Waals surface area contributed by atoms with Crippen molar-refractivity contribution < 1.29 is 4.79 Å². The van der Waals surface area contributed by atoms with Gasteiger partial charge in [-0.1, -0.05) is 6.92 Å². The van der Waals surface area contributed by atoms with Crippen molar-refractivity contribution in [1.82, 2.24) is 0 Å². The molecule has 2 aromatic rings. The second kappa shape index (κ2) is 8.80. The summed E-state index contributed by atoms with van der Waals surface area (Å²) < 4.78 is 0. The zero-order chi connectivity index (χ0) is 19.2. The number of piperidine rings is 1. The first-order valence-corrected chi connectivity index (χ1v) is 9.67. The van der Waals surface area contributed by atoms with Crippen molar-refractivity contribution >= 4 is 28.7 Å². The molecule has 27 heavy (non-hydrogen) atoms. The number of nitrogens with one attached hydrogen (secondary N) is 2. The third-order valence-electron chi connectivity index (χ3n) is 5.14. The van der Waals surface area contributed by atoms with Crippen LogP contribution in [-0.2, 0) is 4.79 Å². The first kappa shape index (κ1) is 19.1. The zero-order valence-corrected chi connectivity index (χ0v) is 16.5. The number of benzene rings is 2. The molecule has 0 aliphatic carbocycles. The Morgan fingerprint density at radius 1 is 1.00 bits per heavy atom. The highest BCUT2D eigenvalue weighted by Gasteiger charge is 2.15. The van der Waals surface area contributed by atoms with Crippen molar-refractivity contribution in [2.75, 3.05) is 54.2 Å². The van der Waals surface area contributed by atoms with E-state index < -0.39 is 0 Å². The Morgan fingerprint density at radius 2 is 1.59 bits per heavy atom. The van der Waals surface area contributed by atoms with Gasteiger partial charge in [-0.2, -0.15) is 0 Å². The molecule has 1 aliphatic heterocycles. The summed E-state index contributed by atoms with van der Waals surface area (Å²) in [6, 6.07) is 16.2. The van der Waals surface area contributed by atoms with E-state index in [1.165, 1.54) is 18.5 Å². The van der Waals surface area contributed by atoms with E-state index in [0.717, 1.165) is 36.1 Å². The van der Waals surface area contributed by atoms with Crippen LogP contribution < -0.4 is 20.4 Å². The van der Waals surface area contributed by atoms with E-state index in [-0.39, 0.29) is 12.5 Å². The van der Waals surface area contributed by atoms with Crippen LogP contribution in [0.3, 0.4) is 0 Å². The largest absolute Gasteiger partial charge is 0.378 e. The van der Waals surface area contributed by atoms with E-state index in [1.54, 1.807) is 0 Å². The molecule has 2 aromatic carbocycles. The molecule has 0 unspecified atom stereocenters. The fourth-order valence-electron chi connectivity index (χ4n) is 3.29. The minimum absolute atomic E-state index is 0.0498. The molecule has 1 amide bonds.